The number of ether oxygens (including phenoxy) is 2. The van der Waals surface area contributed by atoms with E-state index in [0.29, 0.717) is 17.5 Å². The Labute approximate surface area is 119 Å². The van der Waals surface area contributed by atoms with Gasteiger partial charge in [-0.05, 0) is 46.1 Å². The number of fused-ring (bicyclic) bond motifs is 1. The van der Waals surface area contributed by atoms with Crippen LogP contribution >= 0.6 is 0 Å². The van der Waals surface area contributed by atoms with Gasteiger partial charge in [0.25, 0.3) is 0 Å². The fourth-order valence-corrected chi connectivity index (χ4v) is 2.93. The molecule has 0 aromatic heterocycles. The minimum Gasteiger partial charge on any atom is -0.507 e. The van der Waals surface area contributed by atoms with Crippen LogP contribution in [0.4, 0.5) is 0 Å². The van der Waals surface area contributed by atoms with Gasteiger partial charge in [-0.15, -0.1) is 0 Å². The van der Waals surface area contributed by atoms with Gasteiger partial charge >= 0.3 is 0 Å². The van der Waals surface area contributed by atoms with Gasteiger partial charge in [0.2, 0.25) is 6.79 Å². The Bertz CT molecular complexity index is 482. The normalized spacial score (nSPS) is 19.8. The van der Waals surface area contributed by atoms with Crippen molar-refractivity contribution >= 4 is 0 Å². The molecule has 2 heterocycles. The molecule has 5 heteroatoms. The van der Waals surface area contributed by atoms with E-state index >= 15 is 0 Å². The van der Waals surface area contributed by atoms with Crippen molar-refractivity contribution in [3.8, 4) is 17.2 Å². The lowest BCUT2D eigenvalue weighted by Gasteiger charge is -2.35. The Kier molecular flexibility index (Phi) is 3.72. The third-order valence-corrected chi connectivity index (χ3v) is 4.26. The van der Waals surface area contributed by atoms with Gasteiger partial charge in [-0.25, -0.2) is 0 Å². The molecule has 0 radical (unpaired) electrons. The number of likely N-dealkylation sites (tertiary alicyclic amines) is 1. The fraction of sp³-hybridized carbons (Fsp3) is 0.600. The number of phenolic OH excluding ortho intramolecular Hbond substituents is 1. The maximum atomic E-state index is 10.1. The number of hydrogen-bond donors (Lipinski definition) is 1. The van der Waals surface area contributed by atoms with E-state index < -0.39 is 0 Å². The molecule has 3 rings (SSSR count). The molecule has 2 aliphatic heterocycles. The molecular weight excluding hydrogens is 256 g/mol. The van der Waals surface area contributed by atoms with Crippen molar-refractivity contribution in [1.29, 1.82) is 0 Å². The molecule has 0 atom stereocenters. The molecule has 0 bridgehead atoms. The van der Waals surface area contributed by atoms with E-state index in [1.165, 1.54) is 12.8 Å². The number of rotatable bonds is 3. The highest BCUT2D eigenvalue weighted by molar-refractivity contribution is 5.51. The van der Waals surface area contributed by atoms with Crippen LogP contribution in [0.25, 0.3) is 0 Å². The predicted molar refractivity (Wildman–Crippen MR) is 76.2 cm³/mol. The average Bonchev–Trinajstić information content (AvgIpc) is 2.87. The summed E-state index contributed by atoms with van der Waals surface area (Å²) in [5, 5.41) is 10.1. The molecule has 1 N–H and O–H groups in total. The largest absolute Gasteiger partial charge is 0.507 e. The number of hydrogen-bond acceptors (Lipinski definition) is 5. The van der Waals surface area contributed by atoms with Crippen LogP contribution in [0.1, 0.15) is 18.4 Å². The minimum atomic E-state index is 0.243. The van der Waals surface area contributed by atoms with Gasteiger partial charge < -0.3 is 19.5 Å². The van der Waals surface area contributed by atoms with Gasteiger partial charge in [-0.2, -0.15) is 0 Å². The van der Waals surface area contributed by atoms with Crippen LogP contribution in [-0.4, -0.2) is 54.9 Å². The van der Waals surface area contributed by atoms with Crippen LogP contribution in [0.15, 0.2) is 12.1 Å². The molecule has 2 aliphatic rings. The molecule has 0 amide bonds. The number of benzene rings is 1. The summed E-state index contributed by atoms with van der Waals surface area (Å²) >= 11 is 0. The van der Waals surface area contributed by atoms with E-state index in [9.17, 15) is 5.11 Å². The molecule has 1 aromatic carbocycles. The van der Waals surface area contributed by atoms with Gasteiger partial charge in [-0.3, -0.25) is 4.90 Å². The lowest BCUT2D eigenvalue weighted by molar-refractivity contribution is 0.139. The zero-order chi connectivity index (χ0) is 14.1. The second kappa shape index (κ2) is 5.50. The maximum Gasteiger partial charge on any atom is 0.231 e. The summed E-state index contributed by atoms with van der Waals surface area (Å²) in [6, 6.07) is 4.23. The zero-order valence-electron chi connectivity index (χ0n) is 12.1. The minimum absolute atomic E-state index is 0.243. The highest BCUT2D eigenvalue weighted by atomic mass is 16.7. The van der Waals surface area contributed by atoms with Crippen LogP contribution < -0.4 is 9.47 Å². The van der Waals surface area contributed by atoms with E-state index in [1.807, 2.05) is 6.07 Å². The first-order valence-electron chi connectivity index (χ1n) is 7.14. The van der Waals surface area contributed by atoms with Crippen LogP contribution in [0, 0.1) is 0 Å². The molecule has 1 saturated heterocycles. The first kappa shape index (κ1) is 13.5. The molecule has 110 valence electrons. The highest BCUT2D eigenvalue weighted by Gasteiger charge is 2.23. The van der Waals surface area contributed by atoms with E-state index in [4.69, 9.17) is 9.47 Å². The summed E-state index contributed by atoms with van der Waals surface area (Å²) < 4.78 is 10.6. The molecule has 0 aliphatic carbocycles. The van der Waals surface area contributed by atoms with Crippen molar-refractivity contribution in [2.24, 2.45) is 0 Å². The van der Waals surface area contributed by atoms with Crippen molar-refractivity contribution in [3.63, 3.8) is 0 Å². The first-order valence-corrected chi connectivity index (χ1v) is 7.14. The average molecular weight is 278 g/mol. The van der Waals surface area contributed by atoms with Crippen molar-refractivity contribution in [1.82, 2.24) is 9.80 Å². The predicted octanol–water partition coefficient (Wildman–Crippen LogP) is 1.65. The summed E-state index contributed by atoms with van der Waals surface area (Å²) in [4.78, 5) is 4.69. The number of phenols is 1. The van der Waals surface area contributed by atoms with Crippen molar-refractivity contribution in [2.45, 2.75) is 25.4 Å². The summed E-state index contributed by atoms with van der Waals surface area (Å²) in [5.74, 6) is 1.67. The summed E-state index contributed by atoms with van der Waals surface area (Å²) in [7, 11) is 4.29. The second-order valence-corrected chi connectivity index (χ2v) is 5.81. The lowest BCUT2D eigenvalue weighted by Crippen LogP contribution is -2.41. The Morgan fingerprint density at radius 3 is 2.50 bits per heavy atom. The summed E-state index contributed by atoms with van der Waals surface area (Å²) in [6.45, 7) is 3.14. The van der Waals surface area contributed by atoms with Crippen molar-refractivity contribution in [2.75, 3.05) is 34.0 Å². The van der Waals surface area contributed by atoms with Gasteiger partial charge in [0.05, 0.1) is 0 Å². The molecule has 0 unspecified atom stereocenters. The Morgan fingerprint density at radius 1 is 1.20 bits per heavy atom. The van der Waals surface area contributed by atoms with Crippen LogP contribution in [0.3, 0.4) is 0 Å². The zero-order valence-corrected chi connectivity index (χ0v) is 12.1. The van der Waals surface area contributed by atoms with E-state index in [2.05, 4.69) is 23.9 Å². The molecule has 0 saturated carbocycles. The summed E-state index contributed by atoms with van der Waals surface area (Å²) in [6.07, 6.45) is 2.36. The second-order valence-electron chi connectivity index (χ2n) is 5.81. The van der Waals surface area contributed by atoms with Crippen molar-refractivity contribution in [3.05, 3.63) is 17.7 Å². The Balaban J connectivity index is 1.64. The number of piperidine rings is 1. The Morgan fingerprint density at radius 2 is 1.85 bits per heavy atom. The van der Waals surface area contributed by atoms with E-state index in [-0.39, 0.29) is 6.79 Å². The molecular formula is C15H22N2O3. The molecule has 1 fully saturated rings. The van der Waals surface area contributed by atoms with E-state index in [0.717, 1.165) is 30.9 Å². The maximum absolute atomic E-state index is 10.1. The SMILES string of the molecule is CN(C)C1CCN(Cc2cc3c(cc2O)OCO3)CC1. The highest BCUT2D eigenvalue weighted by Crippen LogP contribution is 2.38. The molecule has 1 aromatic rings. The van der Waals surface area contributed by atoms with Crippen molar-refractivity contribution < 1.29 is 14.6 Å². The summed E-state index contributed by atoms with van der Waals surface area (Å²) in [5.41, 5.74) is 0.914. The standard InChI is InChI=1S/C15H22N2O3/c1-16(2)12-3-5-17(6-4-12)9-11-7-14-15(8-13(11)18)20-10-19-14/h7-8,12,18H,3-6,9-10H2,1-2H3. The monoisotopic (exact) mass is 278 g/mol. The topological polar surface area (TPSA) is 45.2 Å². The van der Waals surface area contributed by atoms with Gasteiger partial charge in [0.1, 0.15) is 5.75 Å². The van der Waals surface area contributed by atoms with Gasteiger partial charge in [0, 0.05) is 24.2 Å². The lowest BCUT2D eigenvalue weighted by atomic mass is 10.0. The molecule has 20 heavy (non-hydrogen) atoms. The molecule has 5 nitrogen and oxygen atoms in total. The number of nitrogens with zero attached hydrogens (tertiary/aromatic N) is 2. The fourth-order valence-electron chi connectivity index (χ4n) is 2.93. The smallest absolute Gasteiger partial charge is 0.231 e. The first-order chi connectivity index (χ1) is 9.63. The third kappa shape index (κ3) is 2.69. The van der Waals surface area contributed by atoms with Crippen LogP contribution in [0.5, 0.6) is 17.2 Å². The van der Waals surface area contributed by atoms with Gasteiger partial charge in [-0.1, -0.05) is 0 Å². The molecule has 0 spiro atoms. The third-order valence-electron chi connectivity index (χ3n) is 4.26. The quantitative estimate of drug-likeness (QED) is 0.911. The number of aromatic hydroxyl groups is 1. The van der Waals surface area contributed by atoms with Crippen LogP contribution in [-0.2, 0) is 6.54 Å². The van der Waals surface area contributed by atoms with E-state index in [1.54, 1.807) is 6.07 Å². The van der Waals surface area contributed by atoms with Gasteiger partial charge in [0.15, 0.2) is 11.5 Å². The van der Waals surface area contributed by atoms with Crippen LogP contribution in [0.2, 0.25) is 0 Å². The Hall–Kier alpha value is -1.46.